The van der Waals surface area contributed by atoms with Crippen molar-refractivity contribution in [3.63, 3.8) is 0 Å². The Morgan fingerprint density at radius 2 is 2.29 bits per heavy atom. The third-order valence-electron chi connectivity index (χ3n) is 3.19. The van der Waals surface area contributed by atoms with Gasteiger partial charge in [-0.25, -0.2) is 4.79 Å². The predicted molar refractivity (Wildman–Crippen MR) is 74.4 cm³/mol. The number of hydrogen-bond donors (Lipinski definition) is 1. The minimum absolute atomic E-state index is 0.0473. The highest BCUT2D eigenvalue weighted by Gasteiger charge is 2.23. The Hall–Kier alpha value is -1.79. The van der Waals surface area contributed by atoms with Crippen LogP contribution in [0, 0.1) is 0 Å². The molecule has 1 N–H and O–H groups in total. The molecule has 1 aromatic carbocycles. The van der Waals surface area contributed by atoms with E-state index in [4.69, 9.17) is 18.9 Å². The van der Waals surface area contributed by atoms with Crippen LogP contribution in [-0.4, -0.2) is 44.1 Å². The van der Waals surface area contributed by atoms with E-state index in [0.29, 0.717) is 30.3 Å². The van der Waals surface area contributed by atoms with Crippen LogP contribution >= 0.6 is 0 Å². The molecule has 1 aromatic rings. The average Bonchev–Trinajstić information content (AvgIpc) is 2.99. The normalized spacial score (nSPS) is 19.1. The number of carbonyl (C=O) groups excluding carboxylic acids is 1. The van der Waals surface area contributed by atoms with Crippen molar-refractivity contribution in [3.8, 4) is 11.5 Å². The smallest absolute Gasteiger partial charge is 0.339 e. The molecule has 0 aliphatic carbocycles. The van der Waals surface area contributed by atoms with Crippen LogP contribution in [0.1, 0.15) is 25.0 Å². The number of rotatable bonds is 6. The molecule has 0 spiro atoms. The number of esters is 1. The first-order valence-electron chi connectivity index (χ1n) is 6.92. The van der Waals surface area contributed by atoms with Crippen molar-refractivity contribution in [2.75, 3.05) is 26.9 Å². The second-order valence-electron chi connectivity index (χ2n) is 4.67. The number of aliphatic hydroxyl groups is 1. The van der Waals surface area contributed by atoms with Gasteiger partial charge in [-0.05, 0) is 24.6 Å². The van der Waals surface area contributed by atoms with E-state index in [1.807, 2.05) is 0 Å². The lowest BCUT2D eigenvalue weighted by atomic mass is 10.1. The summed E-state index contributed by atoms with van der Waals surface area (Å²) in [7, 11) is 1.54. The van der Waals surface area contributed by atoms with E-state index < -0.39 is 12.1 Å². The van der Waals surface area contributed by atoms with Gasteiger partial charge in [0.1, 0.15) is 6.10 Å². The lowest BCUT2D eigenvalue weighted by Crippen LogP contribution is -2.18. The first kappa shape index (κ1) is 15.6. The maximum absolute atomic E-state index is 11.6. The summed E-state index contributed by atoms with van der Waals surface area (Å²) in [4.78, 5) is 11.6. The number of methoxy groups -OCH3 is 1. The molecule has 21 heavy (non-hydrogen) atoms. The van der Waals surface area contributed by atoms with Crippen LogP contribution in [0.25, 0.3) is 0 Å². The van der Waals surface area contributed by atoms with E-state index in [0.717, 1.165) is 6.42 Å². The van der Waals surface area contributed by atoms with Gasteiger partial charge in [0, 0.05) is 6.42 Å². The standard InChI is InChI=1S/C15H20O6/c1-3-20-15(17)14(16)10-4-5-12(18-2)13(8-10)21-11-6-7-19-9-11/h4-5,8,11,14,16H,3,6-7,9H2,1-2H3. The number of hydrogen-bond acceptors (Lipinski definition) is 6. The topological polar surface area (TPSA) is 74.2 Å². The van der Waals surface area contributed by atoms with Crippen LogP contribution in [0.3, 0.4) is 0 Å². The van der Waals surface area contributed by atoms with Gasteiger partial charge >= 0.3 is 5.97 Å². The Balaban J connectivity index is 2.17. The highest BCUT2D eigenvalue weighted by atomic mass is 16.6. The third-order valence-corrected chi connectivity index (χ3v) is 3.19. The second-order valence-corrected chi connectivity index (χ2v) is 4.67. The molecule has 1 fully saturated rings. The summed E-state index contributed by atoms with van der Waals surface area (Å²) in [6, 6.07) is 4.86. The fourth-order valence-corrected chi connectivity index (χ4v) is 2.10. The molecular weight excluding hydrogens is 276 g/mol. The van der Waals surface area contributed by atoms with Gasteiger partial charge in [-0.2, -0.15) is 0 Å². The molecule has 1 heterocycles. The molecule has 2 unspecified atom stereocenters. The SMILES string of the molecule is CCOC(=O)C(O)c1ccc(OC)c(OC2CCOC2)c1. The quantitative estimate of drug-likeness (QED) is 0.801. The van der Waals surface area contributed by atoms with Gasteiger partial charge in [-0.15, -0.1) is 0 Å². The molecule has 0 amide bonds. The van der Waals surface area contributed by atoms with Gasteiger partial charge in [-0.3, -0.25) is 0 Å². The molecule has 1 saturated heterocycles. The van der Waals surface area contributed by atoms with Crippen molar-refractivity contribution in [2.24, 2.45) is 0 Å². The fourth-order valence-electron chi connectivity index (χ4n) is 2.10. The van der Waals surface area contributed by atoms with Crippen LogP contribution in [0.2, 0.25) is 0 Å². The Morgan fingerprint density at radius 3 is 2.90 bits per heavy atom. The summed E-state index contributed by atoms with van der Waals surface area (Å²) in [6.07, 6.45) is -0.583. The number of aliphatic hydroxyl groups excluding tert-OH is 1. The fraction of sp³-hybridized carbons (Fsp3) is 0.533. The van der Waals surface area contributed by atoms with E-state index in [-0.39, 0.29) is 12.7 Å². The predicted octanol–water partition coefficient (Wildman–Crippen LogP) is 1.46. The van der Waals surface area contributed by atoms with Crippen molar-refractivity contribution in [2.45, 2.75) is 25.6 Å². The minimum atomic E-state index is -1.34. The molecule has 6 heteroatoms. The van der Waals surface area contributed by atoms with Crippen molar-refractivity contribution in [1.82, 2.24) is 0 Å². The Labute approximate surface area is 123 Å². The van der Waals surface area contributed by atoms with Gasteiger partial charge in [-0.1, -0.05) is 6.07 Å². The van der Waals surface area contributed by atoms with Crippen LogP contribution in [0.5, 0.6) is 11.5 Å². The molecule has 6 nitrogen and oxygen atoms in total. The van der Waals surface area contributed by atoms with Gasteiger partial charge in [0.2, 0.25) is 0 Å². The number of ether oxygens (including phenoxy) is 4. The summed E-state index contributed by atoms with van der Waals surface area (Å²) < 4.78 is 21.1. The Morgan fingerprint density at radius 1 is 1.48 bits per heavy atom. The summed E-state index contributed by atoms with van der Waals surface area (Å²) >= 11 is 0. The van der Waals surface area contributed by atoms with Crippen LogP contribution < -0.4 is 9.47 Å². The van der Waals surface area contributed by atoms with Crippen LogP contribution in [0.15, 0.2) is 18.2 Å². The number of benzene rings is 1. The Bertz CT molecular complexity index is 481. The van der Waals surface area contributed by atoms with Gasteiger partial charge in [0.05, 0.1) is 26.9 Å². The highest BCUT2D eigenvalue weighted by molar-refractivity contribution is 5.76. The summed E-state index contributed by atoms with van der Waals surface area (Å²) in [5.41, 5.74) is 0.406. The largest absolute Gasteiger partial charge is 0.493 e. The summed E-state index contributed by atoms with van der Waals surface area (Å²) in [5.74, 6) is 0.341. The zero-order valence-electron chi connectivity index (χ0n) is 12.2. The molecule has 0 aromatic heterocycles. The third kappa shape index (κ3) is 3.86. The first-order chi connectivity index (χ1) is 10.2. The molecule has 2 atom stereocenters. The number of carbonyl (C=O) groups is 1. The molecule has 116 valence electrons. The monoisotopic (exact) mass is 296 g/mol. The van der Waals surface area contributed by atoms with Crippen molar-refractivity contribution >= 4 is 5.97 Å². The maximum atomic E-state index is 11.6. The van der Waals surface area contributed by atoms with Crippen molar-refractivity contribution in [1.29, 1.82) is 0 Å². The molecular formula is C15H20O6. The van der Waals surface area contributed by atoms with E-state index >= 15 is 0 Å². The Kier molecular flexibility index (Phi) is 5.41. The van der Waals surface area contributed by atoms with Crippen molar-refractivity contribution in [3.05, 3.63) is 23.8 Å². The van der Waals surface area contributed by atoms with Crippen LogP contribution in [-0.2, 0) is 14.3 Å². The van der Waals surface area contributed by atoms with Crippen LogP contribution in [0.4, 0.5) is 0 Å². The van der Waals surface area contributed by atoms with E-state index in [2.05, 4.69) is 0 Å². The van der Waals surface area contributed by atoms with Gasteiger partial charge in [0.15, 0.2) is 17.6 Å². The summed E-state index contributed by atoms with van der Waals surface area (Å²) in [6.45, 7) is 3.09. The maximum Gasteiger partial charge on any atom is 0.339 e. The summed E-state index contributed by atoms with van der Waals surface area (Å²) in [5, 5.41) is 9.97. The molecule has 1 aliphatic rings. The van der Waals surface area contributed by atoms with Gasteiger partial charge < -0.3 is 24.1 Å². The second kappa shape index (κ2) is 7.28. The van der Waals surface area contributed by atoms with Crippen molar-refractivity contribution < 1.29 is 28.8 Å². The lowest BCUT2D eigenvalue weighted by molar-refractivity contribution is -0.153. The van der Waals surface area contributed by atoms with E-state index in [1.54, 1.807) is 25.1 Å². The average molecular weight is 296 g/mol. The molecule has 0 saturated carbocycles. The van der Waals surface area contributed by atoms with E-state index in [1.165, 1.54) is 7.11 Å². The zero-order chi connectivity index (χ0) is 15.2. The van der Waals surface area contributed by atoms with Gasteiger partial charge in [0.25, 0.3) is 0 Å². The molecule has 2 rings (SSSR count). The van der Waals surface area contributed by atoms with E-state index in [9.17, 15) is 9.90 Å². The first-order valence-corrected chi connectivity index (χ1v) is 6.92. The molecule has 0 bridgehead atoms. The molecule has 0 radical (unpaired) electrons. The lowest BCUT2D eigenvalue weighted by Gasteiger charge is -2.17. The highest BCUT2D eigenvalue weighted by Crippen LogP contribution is 2.32. The zero-order valence-corrected chi connectivity index (χ0v) is 12.2. The molecule has 1 aliphatic heterocycles. The minimum Gasteiger partial charge on any atom is -0.493 e.